The number of aliphatic hydroxyl groups is 1. The van der Waals surface area contributed by atoms with Crippen molar-refractivity contribution < 1.29 is 37.0 Å². The van der Waals surface area contributed by atoms with Gasteiger partial charge in [-0.05, 0) is 139 Å². The number of hydrogen-bond acceptors (Lipinski definition) is 8. The van der Waals surface area contributed by atoms with Crippen molar-refractivity contribution in [3.05, 3.63) is 168 Å². The predicted octanol–water partition coefficient (Wildman–Crippen LogP) is 22.2. The minimum Gasteiger partial charge on any atom is -0.414 e. The molecule has 0 aliphatic rings. The zero-order chi connectivity index (χ0) is 68.6. The molecule has 1 N–H and O–H groups in total. The molecule has 91 heavy (non-hydrogen) atoms. The maximum Gasteiger partial charge on any atom is 0.192 e. The second-order valence-corrected chi connectivity index (χ2v) is 52.2. The minimum atomic E-state index is -2.31. The van der Waals surface area contributed by atoms with E-state index in [9.17, 15) is 5.11 Å². The van der Waals surface area contributed by atoms with Gasteiger partial charge in [0.15, 0.2) is 39.6 Å². The van der Waals surface area contributed by atoms with E-state index in [1.54, 1.807) is 0 Å². The Morgan fingerprint density at radius 1 is 0.451 bits per heavy atom. The summed E-state index contributed by atoms with van der Waals surface area (Å²) in [6, 6.07) is 42.1. The van der Waals surface area contributed by atoms with Crippen LogP contribution >= 0.6 is 0 Å². The Kier molecular flexibility index (Phi) is 30.2. The molecule has 4 aromatic carbocycles. The number of aliphatic hydroxyl groups excluding tert-OH is 1. The largest absolute Gasteiger partial charge is 0.414 e. The lowest BCUT2D eigenvalue weighted by Gasteiger charge is -2.44. The van der Waals surface area contributed by atoms with E-state index in [0.29, 0.717) is 19.1 Å². The van der Waals surface area contributed by atoms with Gasteiger partial charge in [-0.3, -0.25) is 0 Å². The Labute approximate surface area is 562 Å². The highest BCUT2D eigenvalue weighted by molar-refractivity contribution is 6.75. The van der Waals surface area contributed by atoms with Gasteiger partial charge in [-0.2, -0.15) is 0 Å². The second-order valence-electron chi connectivity index (χ2n) is 33.2. The monoisotopic (exact) mass is 1320 g/mol. The summed E-state index contributed by atoms with van der Waals surface area (Å²) in [5.74, 6) is 0.657. The van der Waals surface area contributed by atoms with E-state index in [0.717, 1.165) is 47.9 Å². The van der Waals surface area contributed by atoms with Gasteiger partial charge in [-0.15, -0.1) is 0 Å². The Morgan fingerprint density at radius 2 is 0.868 bits per heavy atom. The van der Waals surface area contributed by atoms with Crippen LogP contribution in [0.4, 0.5) is 0 Å². The summed E-state index contributed by atoms with van der Waals surface area (Å²) in [6.07, 6.45) is 11.8. The summed E-state index contributed by atoms with van der Waals surface area (Å²) < 4.78 is 51.0. The molecule has 0 bridgehead atoms. The topological polar surface area (TPSA) is 84.8 Å². The summed E-state index contributed by atoms with van der Waals surface area (Å²) in [6.45, 7) is 64.1. The number of ether oxygens (including phenoxy) is 3. The zero-order valence-corrected chi connectivity index (χ0v) is 66.5. The van der Waals surface area contributed by atoms with Crippen LogP contribution in [0.3, 0.4) is 0 Å². The van der Waals surface area contributed by atoms with Crippen molar-refractivity contribution >= 4 is 33.3 Å². The van der Waals surface area contributed by atoms with E-state index >= 15 is 0 Å². The summed E-state index contributed by atoms with van der Waals surface area (Å²) >= 11 is 0. The van der Waals surface area contributed by atoms with Crippen LogP contribution in [0.1, 0.15) is 186 Å². The third-order valence-corrected chi connectivity index (χ3v) is 39.5. The third-order valence-electron chi connectivity index (χ3n) is 21.5. The molecule has 512 valence electrons. The molecule has 1 unspecified atom stereocenters. The van der Waals surface area contributed by atoms with Gasteiger partial charge >= 0.3 is 0 Å². The molecule has 0 saturated carbocycles. The molecule has 0 heterocycles. The Hall–Kier alpha value is -3.09. The summed E-state index contributed by atoms with van der Waals surface area (Å²) in [7, 11) is -9.10. The van der Waals surface area contributed by atoms with Gasteiger partial charge in [0.2, 0.25) is 0 Å². The van der Waals surface area contributed by atoms with E-state index in [2.05, 4.69) is 304 Å². The summed E-state index contributed by atoms with van der Waals surface area (Å²) in [4.78, 5) is 0. The van der Waals surface area contributed by atoms with Crippen molar-refractivity contribution in [1.82, 2.24) is 0 Å². The number of benzene rings is 4. The summed E-state index contributed by atoms with van der Waals surface area (Å²) in [5.41, 5.74) is 3.41. The van der Waals surface area contributed by atoms with Crippen LogP contribution in [0.25, 0.3) is 0 Å². The average Bonchev–Trinajstić information content (AvgIpc) is 0.812. The van der Waals surface area contributed by atoms with Crippen molar-refractivity contribution in [2.75, 3.05) is 19.8 Å². The van der Waals surface area contributed by atoms with Crippen LogP contribution in [0.2, 0.25) is 72.5 Å². The molecule has 0 aliphatic carbocycles. The molecule has 0 spiro atoms. The van der Waals surface area contributed by atoms with E-state index in [-0.39, 0.29) is 86.9 Å². The van der Waals surface area contributed by atoms with Gasteiger partial charge in [0, 0.05) is 37.0 Å². The van der Waals surface area contributed by atoms with Crippen molar-refractivity contribution in [3.63, 3.8) is 0 Å². The normalized spacial score (nSPS) is 17.9. The van der Waals surface area contributed by atoms with Gasteiger partial charge < -0.3 is 37.0 Å². The fourth-order valence-electron chi connectivity index (χ4n) is 11.4. The highest BCUT2D eigenvalue weighted by Gasteiger charge is 2.46. The standard InChI is InChI=1S/C79H132O8Si4/c1-28-81-74(65-43-33-29-34-44-65)83-73(63(6)58-80)64(7)70(85-89(22,23)76(11,12)13)54-51-59(2)56-62(5)72(87-91(26,27)78(17,18)19)61(4)52-53-69(84-88(20,21)75(8,9)10)57-71(86-90(24,25)77(14,15)16)60(3)42-41-55-82-79(66-45-35-30-36-46-66,67-47-37-31-38-48-67)68-49-39-32-40-50-68/h29-50,52-53,59-64,69-74,80H,28,51,54-58H2,1-27H3/t59-,60+,61-,62-,63-,64-,69+,70-,71-,72-,73-,74?/m0/s1. The highest BCUT2D eigenvalue weighted by Crippen LogP contribution is 2.46. The molecule has 0 saturated heterocycles. The SMILES string of the molecule is CCOC(O[C@H]([C@@H](C)[C@H](CC[C@H](C)C[C@H](C)[C@@H](O[Si](C)(C)C(C)(C)C)[C@@H](C)C=C[C@H](C[C@H](O[Si](C)(C)C(C)(C)C)[C@H](C)C=CCOC(c1ccccc1)(c1ccccc1)c1ccccc1)O[Si](C)(C)C(C)(C)C)O[Si](C)(C)C(C)(C)C)[C@@H](C)CO)c1ccccc1. The lowest BCUT2D eigenvalue weighted by Crippen LogP contribution is -2.49. The smallest absolute Gasteiger partial charge is 0.192 e. The van der Waals surface area contributed by atoms with Crippen molar-refractivity contribution in [1.29, 1.82) is 0 Å². The van der Waals surface area contributed by atoms with Crippen molar-refractivity contribution in [3.8, 4) is 0 Å². The van der Waals surface area contributed by atoms with Crippen LogP contribution < -0.4 is 0 Å². The molecular weight excluding hydrogens is 1190 g/mol. The molecule has 0 radical (unpaired) electrons. The van der Waals surface area contributed by atoms with Gasteiger partial charge in [0.25, 0.3) is 0 Å². The first kappa shape index (κ1) is 80.3. The molecule has 0 fully saturated rings. The Balaban J connectivity index is 1.74. The first-order valence-corrected chi connectivity index (χ1v) is 46.5. The molecule has 8 nitrogen and oxygen atoms in total. The van der Waals surface area contributed by atoms with Crippen LogP contribution in [-0.4, -0.2) is 88.7 Å². The molecule has 4 rings (SSSR count). The second kappa shape index (κ2) is 34.2. The fourth-order valence-corrected chi connectivity index (χ4v) is 17.0. The first-order chi connectivity index (χ1) is 42.1. The van der Waals surface area contributed by atoms with Crippen LogP contribution in [-0.2, 0) is 37.5 Å². The molecule has 0 amide bonds. The molecule has 0 aliphatic heterocycles. The lowest BCUT2D eigenvalue weighted by atomic mass is 9.80. The van der Waals surface area contributed by atoms with E-state index < -0.39 is 45.2 Å². The number of hydrogen-bond donors (Lipinski definition) is 1. The van der Waals surface area contributed by atoms with Crippen molar-refractivity contribution in [2.24, 2.45) is 35.5 Å². The van der Waals surface area contributed by atoms with Gasteiger partial charge in [0.1, 0.15) is 5.60 Å². The molecule has 12 heteroatoms. The molecule has 0 aromatic heterocycles. The molecular formula is C79H132O8Si4. The zero-order valence-electron chi connectivity index (χ0n) is 62.5. The van der Waals surface area contributed by atoms with Crippen molar-refractivity contribution in [2.45, 2.75) is 272 Å². The van der Waals surface area contributed by atoms with E-state index in [1.807, 2.05) is 25.1 Å². The van der Waals surface area contributed by atoms with Gasteiger partial charge in [0.05, 0.1) is 37.1 Å². The summed E-state index contributed by atoms with van der Waals surface area (Å²) in [5, 5.41) is 10.8. The van der Waals surface area contributed by atoms with Crippen LogP contribution in [0, 0.1) is 35.5 Å². The molecule has 4 aromatic rings. The lowest BCUT2D eigenvalue weighted by molar-refractivity contribution is -0.205. The predicted molar refractivity (Wildman–Crippen MR) is 398 cm³/mol. The van der Waals surface area contributed by atoms with E-state index in [4.69, 9.17) is 31.9 Å². The molecule has 12 atom stereocenters. The Bertz CT molecular complexity index is 2650. The van der Waals surface area contributed by atoms with Crippen LogP contribution in [0.5, 0.6) is 0 Å². The maximum atomic E-state index is 10.8. The quantitative estimate of drug-likeness (QED) is 0.0209. The minimum absolute atomic E-state index is 0.00225. The van der Waals surface area contributed by atoms with E-state index in [1.165, 1.54) is 0 Å². The van der Waals surface area contributed by atoms with Crippen LogP contribution in [0.15, 0.2) is 146 Å². The first-order valence-electron chi connectivity index (χ1n) is 34.8. The maximum absolute atomic E-state index is 10.8. The third kappa shape index (κ3) is 22.8. The van der Waals surface area contributed by atoms with Gasteiger partial charge in [-0.1, -0.05) is 270 Å². The number of rotatable bonds is 36. The average molecular weight is 1320 g/mol. The Morgan fingerprint density at radius 3 is 1.30 bits per heavy atom. The highest BCUT2D eigenvalue weighted by atomic mass is 28.4. The fraction of sp³-hybridized carbons (Fsp3) is 0.646. The van der Waals surface area contributed by atoms with Gasteiger partial charge in [-0.25, -0.2) is 0 Å².